The molecule has 2 aromatic heterocycles. The molecule has 0 aliphatic rings. The van der Waals surface area contributed by atoms with E-state index in [1.807, 2.05) is 57.2 Å². The van der Waals surface area contributed by atoms with Gasteiger partial charge in [0, 0.05) is 23.7 Å². The lowest BCUT2D eigenvalue weighted by Crippen LogP contribution is -2.25. The zero-order chi connectivity index (χ0) is 19.2. The molecule has 0 radical (unpaired) electrons. The number of para-hydroxylation sites is 1. The average molecular weight is 382 g/mol. The van der Waals surface area contributed by atoms with Crippen molar-refractivity contribution in [1.29, 1.82) is 0 Å². The van der Waals surface area contributed by atoms with E-state index in [9.17, 15) is 4.79 Å². The van der Waals surface area contributed by atoms with Crippen molar-refractivity contribution in [3.05, 3.63) is 59.2 Å². The van der Waals surface area contributed by atoms with Gasteiger partial charge in [0.1, 0.15) is 0 Å². The summed E-state index contributed by atoms with van der Waals surface area (Å²) in [6, 6.07) is 11.6. The van der Waals surface area contributed by atoms with Crippen LogP contribution < -0.4 is 5.32 Å². The van der Waals surface area contributed by atoms with Gasteiger partial charge in [-0.2, -0.15) is 0 Å². The Hall–Kier alpha value is -2.74. The van der Waals surface area contributed by atoms with Gasteiger partial charge in [-0.1, -0.05) is 42.1 Å². The largest absolute Gasteiger partial charge is 0.351 e. The summed E-state index contributed by atoms with van der Waals surface area (Å²) in [7, 11) is 0. The number of hydrogen-bond donors (Lipinski definition) is 1. The SMILES string of the molecule is CCCNC(=O)c1nnn(-c2ccccc2)c1CSc1nc(C)cc(C)n1. The van der Waals surface area contributed by atoms with Gasteiger partial charge in [-0.15, -0.1) is 5.10 Å². The van der Waals surface area contributed by atoms with Gasteiger partial charge in [0.05, 0.1) is 11.4 Å². The van der Waals surface area contributed by atoms with E-state index in [2.05, 4.69) is 25.6 Å². The molecular formula is C19H22N6OS. The number of thioether (sulfide) groups is 1. The molecule has 3 rings (SSSR count). The van der Waals surface area contributed by atoms with E-state index in [1.165, 1.54) is 11.8 Å². The fourth-order valence-electron chi connectivity index (χ4n) is 2.60. The predicted molar refractivity (Wildman–Crippen MR) is 105 cm³/mol. The molecule has 1 amide bonds. The summed E-state index contributed by atoms with van der Waals surface area (Å²) in [4.78, 5) is 21.4. The third-order valence-electron chi connectivity index (χ3n) is 3.81. The maximum absolute atomic E-state index is 12.5. The number of hydrogen-bond acceptors (Lipinski definition) is 6. The maximum Gasteiger partial charge on any atom is 0.273 e. The van der Waals surface area contributed by atoms with Crippen LogP contribution in [-0.2, 0) is 5.75 Å². The molecule has 140 valence electrons. The van der Waals surface area contributed by atoms with Gasteiger partial charge >= 0.3 is 0 Å². The molecule has 3 aromatic rings. The van der Waals surface area contributed by atoms with Gasteiger partial charge in [0.15, 0.2) is 10.9 Å². The first-order chi connectivity index (χ1) is 13.1. The maximum atomic E-state index is 12.5. The van der Waals surface area contributed by atoms with E-state index in [4.69, 9.17) is 0 Å². The van der Waals surface area contributed by atoms with Gasteiger partial charge in [0.25, 0.3) is 5.91 Å². The zero-order valence-electron chi connectivity index (χ0n) is 15.6. The first-order valence-corrected chi connectivity index (χ1v) is 9.80. The van der Waals surface area contributed by atoms with Crippen LogP contribution in [0.1, 0.15) is 40.9 Å². The van der Waals surface area contributed by atoms with E-state index < -0.39 is 0 Å². The molecule has 8 heteroatoms. The Labute approximate surface area is 162 Å². The second-order valence-electron chi connectivity index (χ2n) is 6.11. The standard InChI is InChI=1S/C19H22N6OS/c1-4-10-20-18(26)17-16(12-27-19-21-13(2)11-14(3)22-19)25(24-23-17)15-8-6-5-7-9-15/h5-9,11H,4,10,12H2,1-3H3,(H,20,26). The van der Waals surface area contributed by atoms with Crippen LogP contribution in [0.5, 0.6) is 0 Å². The fourth-order valence-corrected chi connectivity index (χ4v) is 3.54. The first kappa shape index (κ1) is 19.0. The Balaban J connectivity index is 1.92. The highest BCUT2D eigenvalue weighted by Crippen LogP contribution is 2.23. The van der Waals surface area contributed by atoms with Crippen LogP contribution in [0.15, 0.2) is 41.6 Å². The minimum absolute atomic E-state index is 0.212. The van der Waals surface area contributed by atoms with Crippen molar-refractivity contribution in [3.8, 4) is 5.69 Å². The minimum Gasteiger partial charge on any atom is -0.351 e. The molecule has 0 bridgehead atoms. The molecule has 0 unspecified atom stereocenters. The average Bonchev–Trinajstić information content (AvgIpc) is 3.08. The van der Waals surface area contributed by atoms with Crippen molar-refractivity contribution >= 4 is 17.7 Å². The third kappa shape index (κ3) is 4.71. The van der Waals surface area contributed by atoms with Gasteiger partial charge in [-0.25, -0.2) is 14.6 Å². The second kappa shape index (κ2) is 8.77. The predicted octanol–water partition coefficient (Wildman–Crippen LogP) is 3.11. The van der Waals surface area contributed by atoms with Crippen LogP contribution in [0.2, 0.25) is 0 Å². The molecule has 2 heterocycles. The van der Waals surface area contributed by atoms with Crippen molar-refractivity contribution in [1.82, 2.24) is 30.3 Å². The minimum atomic E-state index is -0.212. The summed E-state index contributed by atoms with van der Waals surface area (Å²) in [6.45, 7) is 6.50. The Kier molecular flexibility index (Phi) is 6.18. The van der Waals surface area contributed by atoms with Crippen LogP contribution in [-0.4, -0.2) is 37.4 Å². The molecule has 0 atom stereocenters. The lowest BCUT2D eigenvalue weighted by molar-refractivity contribution is 0.0948. The number of carbonyl (C=O) groups excluding carboxylic acids is 1. The number of benzene rings is 1. The lowest BCUT2D eigenvalue weighted by atomic mass is 10.3. The van der Waals surface area contributed by atoms with Crippen LogP contribution in [0.25, 0.3) is 5.69 Å². The van der Waals surface area contributed by atoms with Crippen LogP contribution in [0.4, 0.5) is 0 Å². The van der Waals surface area contributed by atoms with Gasteiger partial charge < -0.3 is 5.32 Å². The number of rotatable bonds is 7. The molecule has 7 nitrogen and oxygen atoms in total. The highest BCUT2D eigenvalue weighted by Gasteiger charge is 2.21. The molecule has 1 N–H and O–H groups in total. The summed E-state index contributed by atoms with van der Waals surface area (Å²) in [5.74, 6) is 0.274. The van der Waals surface area contributed by atoms with Crippen LogP contribution in [0, 0.1) is 13.8 Å². The van der Waals surface area contributed by atoms with Crippen molar-refractivity contribution in [3.63, 3.8) is 0 Å². The molecule has 1 aromatic carbocycles. The topological polar surface area (TPSA) is 85.6 Å². The van der Waals surface area contributed by atoms with E-state index >= 15 is 0 Å². The third-order valence-corrected chi connectivity index (χ3v) is 4.67. The smallest absolute Gasteiger partial charge is 0.273 e. The van der Waals surface area contributed by atoms with E-state index in [1.54, 1.807) is 4.68 Å². The normalized spacial score (nSPS) is 10.8. The Bertz CT molecular complexity index is 905. The fraction of sp³-hybridized carbons (Fsp3) is 0.316. The molecule has 0 aliphatic heterocycles. The number of aryl methyl sites for hydroxylation is 2. The summed E-state index contributed by atoms with van der Waals surface area (Å²) in [6.07, 6.45) is 0.860. The van der Waals surface area contributed by atoms with Crippen molar-refractivity contribution in [2.24, 2.45) is 0 Å². The highest BCUT2D eigenvalue weighted by atomic mass is 32.2. The highest BCUT2D eigenvalue weighted by molar-refractivity contribution is 7.98. The van der Waals surface area contributed by atoms with Crippen molar-refractivity contribution in [2.75, 3.05) is 6.54 Å². The summed E-state index contributed by atoms with van der Waals surface area (Å²) in [5, 5.41) is 11.9. The molecule has 0 spiro atoms. The first-order valence-electron chi connectivity index (χ1n) is 8.81. The van der Waals surface area contributed by atoms with Crippen LogP contribution in [0.3, 0.4) is 0 Å². The molecular weight excluding hydrogens is 360 g/mol. The number of amides is 1. The second-order valence-corrected chi connectivity index (χ2v) is 7.05. The molecule has 0 saturated carbocycles. The number of nitrogens with one attached hydrogen (secondary N) is 1. The zero-order valence-corrected chi connectivity index (χ0v) is 16.5. The molecule has 0 saturated heterocycles. The number of carbonyl (C=O) groups is 1. The van der Waals surface area contributed by atoms with E-state index in [-0.39, 0.29) is 5.91 Å². The van der Waals surface area contributed by atoms with Gasteiger partial charge in [-0.05, 0) is 38.5 Å². The van der Waals surface area contributed by atoms with Crippen LogP contribution >= 0.6 is 11.8 Å². The Morgan fingerprint density at radius 1 is 1.15 bits per heavy atom. The molecule has 27 heavy (non-hydrogen) atoms. The molecule has 0 aliphatic carbocycles. The van der Waals surface area contributed by atoms with Crippen molar-refractivity contribution < 1.29 is 4.79 Å². The quantitative estimate of drug-likeness (QED) is 0.499. The van der Waals surface area contributed by atoms with E-state index in [0.717, 1.165) is 29.2 Å². The Morgan fingerprint density at radius 3 is 2.52 bits per heavy atom. The Morgan fingerprint density at radius 2 is 1.85 bits per heavy atom. The molecule has 0 fully saturated rings. The van der Waals surface area contributed by atoms with Gasteiger partial charge in [-0.3, -0.25) is 4.79 Å². The number of nitrogens with zero attached hydrogens (tertiary/aromatic N) is 5. The monoisotopic (exact) mass is 382 g/mol. The van der Waals surface area contributed by atoms with Crippen molar-refractivity contribution in [2.45, 2.75) is 38.1 Å². The van der Waals surface area contributed by atoms with Gasteiger partial charge in [0.2, 0.25) is 0 Å². The lowest BCUT2D eigenvalue weighted by Gasteiger charge is -2.08. The van der Waals surface area contributed by atoms with E-state index in [0.29, 0.717) is 23.1 Å². The summed E-state index contributed by atoms with van der Waals surface area (Å²) < 4.78 is 1.70. The summed E-state index contributed by atoms with van der Waals surface area (Å²) >= 11 is 1.47. The summed E-state index contributed by atoms with van der Waals surface area (Å²) in [5.41, 5.74) is 3.75. The number of aromatic nitrogens is 5.